The maximum absolute atomic E-state index is 13.5. The molecule has 0 bridgehead atoms. The number of carboxylic acid groups (broad SMARTS) is 3. The molecule has 0 aromatic heterocycles. The molecule has 0 unspecified atom stereocenters. The Morgan fingerprint density at radius 3 is 1.28 bits per heavy atom. The Balaban J connectivity index is 2.11. The molecule has 8 nitrogen and oxygen atoms in total. The van der Waals surface area contributed by atoms with Crippen molar-refractivity contribution in [2.24, 2.45) is 0 Å². The van der Waals surface area contributed by atoms with Gasteiger partial charge < -0.3 is 20.2 Å². The zero-order chi connectivity index (χ0) is 23.3. The van der Waals surface area contributed by atoms with E-state index in [0.29, 0.717) is 6.07 Å². The lowest BCUT2D eigenvalue weighted by atomic mass is 9.96. The van der Waals surface area contributed by atoms with Crippen molar-refractivity contribution >= 4 is 23.8 Å². The molecule has 0 fully saturated rings. The molecule has 3 N–H and O–H groups in total. The van der Waals surface area contributed by atoms with Gasteiger partial charge in [-0.1, -0.05) is 60.7 Å². The summed E-state index contributed by atoms with van der Waals surface area (Å²) < 4.78 is 0. The number of carboxylic acids is 3. The molecule has 3 aromatic rings. The van der Waals surface area contributed by atoms with Crippen LogP contribution in [-0.2, 0) is 13.1 Å². The third kappa shape index (κ3) is 4.99. The lowest BCUT2D eigenvalue weighted by Crippen LogP contribution is -2.32. The standard InChI is InChI=1S/C24H19NO7/c26-21(17-11-19(23(29)30)20(24(31)32)12-18(17)22(27)28)25(13-15-7-3-1-4-8-15)14-16-9-5-2-6-10-16/h1-12H,13-14H2,(H,27,28)(H,29,30)(H,31,32). The predicted molar refractivity (Wildman–Crippen MR) is 114 cm³/mol. The third-order valence-electron chi connectivity index (χ3n) is 4.80. The van der Waals surface area contributed by atoms with Crippen LogP contribution in [0, 0.1) is 0 Å². The van der Waals surface area contributed by atoms with Gasteiger partial charge in [-0.15, -0.1) is 0 Å². The number of rotatable bonds is 8. The average molecular weight is 433 g/mol. The lowest BCUT2D eigenvalue weighted by molar-refractivity contribution is 0.0643. The van der Waals surface area contributed by atoms with Crippen molar-refractivity contribution in [2.75, 3.05) is 0 Å². The molecule has 0 aliphatic rings. The van der Waals surface area contributed by atoms with E-state index in [1.165, 1.54) is 4.90 Å². The first-order valence-electron chi connectivity index (χ1n) is 9.53. The molecule has 0 atom stereocenters. The van der Waals surface area contributed by atoms with Crippen LogP contribution in [0.25, 0.3) is 0 Å². The van der Waals surface area contributed by atoms with Crippen molar-refractivity contribution in [1.29, 1.82) is 0 Å². The average Bonchev–Trinajstić information content (AvgIpc) is 2.78. The van der Waals surface area contributed by atoms with E-state index < -0.39 is 46.1 Å². The molecule has 0 aliphatic heterocycles. The van der Waals surface area contributed by atoms with Crippen LogP contribution in [0.5, 0.6) is 0 Å². The Morgan fingerprint density at radius 1 is 0.562 bits per heavy atom. The van der Waals surface area contributed by atoms with Crippen LogP contribution < -0.4 is 0 Å². The van der Waals surface area contributed by atoms with Gasteiger partial charge in [-0.05, 0) is 23.3 Å². The van der Waals surface area contributed by atoms with Crippen molar-refractivity contribution in [2.45, 2.75) is 13.1 Å². The fraction of sp³-hybridized carbons (Fsp3) is 0.0833. The van der Waals surface area contributed by atoms with E-state index in [2.05, 4.69) is 0 Å². The summed E-state index contributed by atoms with van der Waals surface area (Å²) >= 11 is 0. The summed E-state index contributed by atoms with van der Waals surface area (Å²) in [6, 6.07) is 19.6. The van der Waals surface area contributed by atoms with Crippen LogP contribution in [-0.4, -0.2) is 44.0 Å². The minimum absolute atomic E-state index is 0.136. The van der Waals surface area contributed by atoms with Gasteiger partial charge in [0.15, 0.2) is 0 Å². The van der Waals surface area contributed by atoms with Crippen LogP contribution in [0.3, 0.4) is 0 Å². The van der Waals surface area contributed by atoms with E-state index in [0.717, 1.165) is 17.2 Å². The largest absolute Gasteiger partial charge is 0.478 e. The summed E-state index contributed by atoms with van der Waals surface area (Å²) in [7, 11) is 0. The smallest absolute Gasteiger partial charge is 0.336 e. The molecular weight excluding hydrogens is 414 g/mol. The van der Waals surface area contributed by atoms with Gasteiger partial charge in [-0.3, -0.25) is 4.79 Å². The Kier molecular flexibility index (Phi) is 6.65. The number of amides is 1. The molecule has 3 rings (SSSR count). The Bertz CT molecular complexity index is 1130. The molecule has 0 spiro atoms. The minimum atomic E-state index is -1.60. The first-order valence-corrected chi connectivity index (χ1v) is 9.53. The van der Waals surface area contributed by atoms with Gasteiger partial charge in [0.05, 0.1) is 22.3 Å². The third-order valence-corrected chi connectivity index (χ3v) is 4.80. The Hall–Kier alpha value is -4.46. The topological polar surface area (TPSA) is 132 Å². The van der Waals surface area contributed by atoms with Crippen molar-refractivity contribution < 1.29 is 34.5 Å². The second-order valence-corrected chi connectivity index (χ2v) is 6.99. The summed E-state index contributed by atoms with van der Waals surface area (Å²) in [5.41, 5.74) is -0.770. The fourth-order valence-electron chi connectivity index (χ4n) is 3.28. The predicted octanol–water partition coefficient (Wildman–Crippen LogP) is 3.62. The highest BCUT2D eigenvalue weighted by atomic mass is 16.4. The fourth-order valence-corrected chi connectivity index (χ4v) is 3.28. The van der Waals surface area contributed by atoms with Gasteiger partial charge in [0.2, 0.25) is 0 Å². The van der Waals surface area contributed by atoms with Crippen LogP contribution in [0.2, 0.25) is 0 Å². The minimum Gasteiger partial charge on any atom is -0.478 e. The highest BCUT2D eigenvalue weighted by Gasteiger charge is 2.28. The highest BCUT2D eigenvalue weighted by molar-refractivity contribution is 6.10. The summed E-state index contributed by atoms with van der Waals surface area (Å²) in [6.07, 6.45) is 0. The van der Waals surface area contributed by atoms with Gasteiger partial charge in [-0.2, -0.15) is 0 Å². The maximum Gasteiger partial charge on any atom is 0.336 e. The molecule has 0 saturated heterocycles. The van der Waals surface area contributed by atoms with Gasteiger partial charge in [-0.25, -0.2) is 14.4 Å². The summed E-state index contributed by atoms with van der Waals surface area (Å²) in [4.78, 5) is 49.7. The van der Waals surface area contributed by atoms with Crippen molar-refractivity contribution in [1.82, 2.24) is 4.90 Å². The number of hydrogen-bond donors (Lipinski definition) is 3. The molecule has 8 heteroatoms. The number of carbonyl (C=O) groups excluding carboxylic acids is 1. The first-order chi connectivity index (χ1) is 15.3. The Labute approximate surface area is 183 Å². The number of benzene rings is 3. The van der Waals surface area contributed by atoms with E-state index in [1.807, 2.05) is 12.1 Å². The van der Waals surface area contributed by atoms with Crippen molar-refractivity contribution in [3.05, 3.63) is 106 Å². The molecule has 0 aliphatic carbocycles. The number of carbonyl (C=O) groups is 4. The van der Waals surface area contributed by atoms with E-state index >= 15 is 0 Å². The normalized spacial score (nSPS) is 10.4. The van der Waals surface area contributed by atoms with Crippen LogP contribution in [0.4, 0.5) is 0 Å². The maximum atomic E-state index is 13.5. The highest BCUT2D eigenvalue weighted by Crippen LogP contribution is 2.22. The van der Waals surface area contributed by atoms with Gasteiger partial charge >= 0.3 is 17.9 Å². The van der Waals surface area contributed by atoms with E-state index in [1.54, 1.807) is 48.5 Å². The van der Waals surface area contributed by atoms with Crippen molar-refractivity contribution in [3.63, 3.8) is 0 Å². The second kappa shape index (κ2) is 9.57. The van der Waals surface area contributed by atoms with Crippen molar-refractivity contribution in [3.8, 4) is 0 Å². The molecule has 32 heavy (non-hydrogen) atoms. The van der Waals surface area contributed by atoms with Gasteiger partial charge in [0.1, 0.15) is 0 Å². The first kappa shape index (κ1) is 22.2. The molecule has 0 heterocycles. The zero-order valence-corrected chi connectivity index (χ0v) is 16.8. The number of hydrogen-bond acceptors (Lipinski definition) is 4. The van der Waals surface area contributed by atoms with Crippen LogP contribution in [0.1, 0.15) is 52.6 Å². The molecule has 162 valence electrons. The molecule has 0 saturated carbocycles. The van der Waals surface area contributed by atoms with E-state index in [-0.39, 0.29) is 13.1 Å². The number of aromatic carboxylic acids is 3. The van der Waals surface area contributed by atoms with Gasteiger partial charge in [0, 0.05) is 13.1 Å². The summed E-state index contributed by atoms with van der Waals surface area (Å²) in [5, 5.41) is 28.3. The molecule has 1 amide bonds. The molecular formula is C24H19NO7. The lowest BCUT2D eigenvalue weighted by Gasteiger charge is -2.24. The van der Waals surface area contributed by atoms with Gasteiger partial charge in [0.25, 0.3) is 5.91 Å². The zero-order valence-electron chi connectivity index (χ0n) is 16.8. The van der Waals surface area contributed by atoms with E-state index in [9.17, 15) is 34.5 Å². The summed E-state index contributed by atoms with van der Waals surface area (Å²) in [5.74, 6) is -5.44. The van der Waals surface area contributed by atoms with E-state index in [4.69, 9.17) is 0 Å². The summed E-state index contributed by atoms with van der Waals surface area (Å²) in [6.45, 7) is 0.271. The van der Waals surface area contributed by atoms with Crippen LogP contribution >= 0.6 is 0 Å². The molecule has 0 radical (unpaired) electrons. The SMILES string of the molecule is O=C(O)c1cc(C(=O)O)c(C(=O)N(Cc2ccccc2)Cc2ccccc2)cc1C(=O)O. The number of nitrogens with zero attached hydrogens (tertiary/aromatic N) is 1. The van der Waals surface area contributed by atoms with Crippen LogP contribution in [0.15, 0.2) is 72.8 Å². The quantitative estimate of drug-likeness (QED) is 0.494. The molecule has 3 aromatic carbocycles. The second-order valence-electron chi connectivity index (χ2n) is 6.99. The monoisotopic (exact) mass is 433 g/mol. The Morgan fingerprint density at radius 2 is 0.906 bits per heavy atom.